The molecule has 2 saturated carbocycles. The second-order valence-corrected chi connectivity index (χ2v) is 13.0. The predicted molar refractivity (Wildman–Crippen MR) is 130 cm³/mol. The van der Waals surface area contributed by atoms with Crippen molar-refractivity contribution in [3.8, 4) is 0 Å². The van der Waals surface area contributed by atoms with E-state index in [1.807, 2.05) is 5.57 Å². The number of nitrogens with zero attached hydrogens (tertiary/aromatic N) is 1. The molecule has 1 aromatic heterocycles. The molecule has 1 N–H and O–H groups in total. The summed E-state index contributed by atoms with van der Waals surface area (Å²) in [4.78, 5) is 0. The van der Waals surface area contributed by atoms with E-state index in [0.29, 0.717) is 16.7 Å². The van der Waals surface area contributed by atoms with E-state index in [4.69, 9.17) is 0 Å². The van der Waals surface area contributed by atoms with Crippen LogP contribution in [0.15, 0.2) is 17.8 Å². The summed E-state index contributed by atoms with van der Waals surface area (Å²) in [5, 5.41) is 7.78. The highest BCUT2D eigenvalue weighted by atomic mass is 15.1. The minimum absolute atomic E-state index is 0.419. The third-order valence-electron chi connectivity index (χ3n) is 10.9. The van der Waals surface area contributed by atoms with Gasteiger partial charge in [-0.05, 0) is 90.4 Å². The van der Waals surface area contributed by atoms with Crippen LogP contribution < -0.4 is 0 Å². The molecule has 5 rings (SSSR count). The number of fused-ring (bicyclic) bond motifs is 6. The topological polar surface area (TPSA) is 28.7 Å². The Morgan fingerprint density at radius 2 is 1.84 bits per heavy atom. The molecule has 2 nitrogen and oxygen atoms in total. The van der Waals surface area contributed by atoms with Gasteiger partial charge in [-0.3, -0.25) is 5.10 Å². The molecular formula is C29H46N2. The van der Waals surface area contributed by atoms with Gasteiger partial charge < -0.3 is 0 Å². The lowest BCUT2D eigenvalue weighted by Crippen LogP contribution is -2.50. The average molecular weight is 423 g/mol. The molecule has 1 aromatic rings. The maximum atomic E-state index is 4.43. The fraction of sp³-hybridized carbons (Fsp3) is 0.828. The van der Waals surface area contributed by atoms with Crippen LogP contribution in [0.4, 0.5) is 0 Å². The molecule has 0 amide bonds. The van der Waals surface area contributed by atoms with E-state index in [-0.39, 0.29) is 0 Å². The van der Waals surface area contributed by atoms with Crippen LogP contribution in [0.5, 0.6) is 0 Å². The van der Waals surface area contributed by atoms with Crippen molar-refractivity contribution in [2.75, 3.05) is 0 Å². The summed E-state index contributed by atoms with van der Waals surface area (Å²) in [6.07, 6.45) is 17.4. The first kappa shape index (κ1) is 21.8. The number of H-pyrrole nitrogens is 1. The van der Waals surface area contributed by atoms with E-state index < -0.39 is 0 Å². The molecule has 31 heavy (non-hydrogen) atoms. The summed E-state index contributed by atoms with van der Waals surface area (Å²) in [6.45, 7) is 15.1. The van der Waals surface area contributed by atoms with Crippen molar-refractivity contribution in [2.45, 2.75) is 105 Å². The molecule has 8 atom stereocenters. The molecule has 2 fully saturated rings. The SMILES string of the molecule is CC(C)CCC[C@@H](C)[C@H]1CC[C@H]2C3=CCC4[C@H](C)c5[nH]ncc5C[C@]4(C)[C@H]3CC[C@]12C. The highest BCUT2D eigenvalue weighted by Crippen LogP contribution is 2.67. The number of aromatic nitrogens is 2. The first-order valence-electron chi connectivity index (χ1n) is 13.5. The lowest BCUT2D eigenvalue weighted by atomic mass is 9.46. The molecule has 1 unspecified atom stereocenters. The third kappa shape index (κ3) is 3.29. The van der Waals surface area contributed by atoms with E-state index in [2.05, 4.69) is 64.0 Å². The zero-order chi connectivity index (χ0) is 22.0. The number of aromatic amines is 1. The van der Waals surface area contributed by atoms with Crippen molar-refractivity contribution in [1.82, 2.24) is 10.2 Å². The van der Waals surface area contributed by atoms with Crippen LogP contribution in [-0.4, -0.2) is 10.2 Å². The highest BCUT2D eigenvalue weighted by Gasteiger charge is 2.59. The van der Waals surface area contributed by atoms with E-state index in [1.54, 1.807) is 0 Å². The van der Waals surface area contributed by atoms with Gasteiger partial charge in [-0.15, -0.1) is 0 Å². The Kier molecular flexibility index (Phi) is 5.46. The maximum absolute atomic E-state index is 4.43. The zero-order valence-electron chi connectivity index (χ0n) is 21.0. The van der Waals surface area contributed by atoms with Crippen LogP contribution in [0, 0.1) is 46.3 Å². The number of hydrogen-bond acceptors (Lipinski definition) is 1. The largest absolute Gasteiger partial charge is 0.282 e. The first-order chi connectivity index (χ1) is 14.8. The summed E-state index contributed by atoms with van der Waals surface area (Å²) >= 11 is 0. The van der Waals surface area contributed by atoms with Gasteiger partial charge in [-0.1, -0.05) is 72.5 Å². The van der Waals surface area contributed by atoms with E-state index >= 15 is 0 Å². The van der Waals surface area contributed by atoms with Crippen molar-refractivity contribution in [1.29, 1.82) is 0 Å². The molecule has 0 radical (unpaired) electrons. The van der Waals surface area contributed by atoms with Crippen LogP contribution in [0.25, 0.3) is 0 Å². The molecule has 172 valence electrons. The summed E-state index contributed by atoms with van der Waals surface area (Å²) in [5.74, 6) is 5.70. The monoisotopic (exact) mass is 422 g/mol. The van der Waals surface area contributed by atoms with E-state index in [9.17, 15) is 0 Å². The minimum atomic E-state index is 0.419. The molecule has 0 aliphatic heterocycles. The fourth-order valence-electron chi connectivity index (χ4n) is 9.30. The Labute approximate surface area is 191 Å². The van der Waals surface area contributed by atoms with Crippen LogP contribution in [0.3, 0.4) is 0 Å². The molecular weight excluding hydrogens is 376 g/mol. The van der Waals surface area contributed by atoms with Gasteiger partial charge in [-0.25, -0.2) is 0 Å². The number of rotatable bonds is 5. The van der Waals surface area contributed by atoms with Gasteiger partial charge in [0, 0.05) is 11.6 Å². The van der Waals surface area contributed by atoms with Gasteiger partial charge in [-0.2, -0.15) is 5.10 Å². The molecule has 4 aliphatic carbocycles. The standard InChI is InChI=1S/C29H46N2/c1-18(2)8-7-9-19(3)23-12-13-25-22-10-11-24-20(4)27-21(17-30-31-27)16-29(24,6)26(22)14-15-28(23,25)5/h10,17-20,23-26H,7-9,11-16H2,1-6H3,(H,30,31)/t19-,20+,23-,24?,25+,26+,28-,29+/m1/s1. The number of allylic oxidation sites excluding steroid dienone is 2. The average Bonchev–Trinajstić information content (AvgIpc) is 3.31. The summed E-state index contributed by atoms with van der Waals surface area (Å²) in [7, 11) is 0. The van der Waals surface area contributed by atoms with Gasteiger partial charge >= 0.3 is 0 Å². The Balaban J connectivity index is 1.37. The van der Waals surface area contributed by atoms with Gasteiger partial charge in [0.1, 0.15) is 0 Å². The quantitative estimate of drug-likeness (QED) is 0.479. The number of nitrogens with one attached hydrogen (secondary N) is 1. The lowest BCUT2D eigenvalue weighted by Gasteiger charge is -2.58. The summed E-state index contributed by atoms with van der Waals surface area (Å²) < 4.78 is 0. The Bertz CT molecular complexity index is 834. The van der Waals surface area contributed by atoms with Gasteiger partial charge in [0.2, 0.25) is 0 Å². The van der Waals surface area contributed by atoms with Crippen molar-refractivity contribution >= 4 is 0 Å². The van der Waals surface area contributed by atoms with Crippen molar-refractivity contribution in [3.63, 3.8) is 0 Å². The Morgan fingerprint density at radius 1 is 1.06 bits per heavy atom. The summed E-state index contributed by atoms with van der Waals surface area (Å²) in [6, 6.07) is 0. The first-order valence-corrected chi connectivity index (χ1v) is 13.5. The Hall–Kier alpha value is -1.05. The highest BCUT2D eigenvalue weighted by molar-refractivity contribution is 5.35. The van der Waals surface area contributed by atoms with Crippen LogP contribution in [-0.2, 0) is 6.42 Å². The third-order valence-corrected chi connectivity index (χ3v) is 10.9. The summed E-state index contributed by atoms with van der Waals surface area (Å²) in [5.41, 5.74) is 5.79. The fourth-order valence-corrected chi connectivity index (χ4v) is 9.30. The van der Waals surface area contributed by atoms with E-state index in [0.717, 1.165) is 35.5 Å². The molecule has 4 aliphatic rings. The van der Waals surface area contributed by atoms with Gasteiger partial charge in [0.25, 0.3) is 0 Å². The predicted octanol–water partition coefficient (Wildman–Crippen LogP) is 7.93. The second kappa shape index (κ2) is 7.77. The van der Waals surface area contributed by atoms with Crippen LogP contribution in [0.2, 0.25) is 0 Å². The van der Waals surface area contributed by atoms with Crippen LogP contribution >= 0.6 is 0 Å². The molecule has 0 bridgehead atoms. The van der Waals surface area contributed by atoms with Gasteiger partial charge in [0.05, 0.1) is 6.20 Å². The molecule has 0 saturated heterocycles. The second-order valence-electron chi connectivity index (χ2n) is 13.0. The smallest absolute Gasteiger partial charge is 0.0522 e. The lowest BCUT2D eigenvalue weighted by molar-refractivity contribution is 0.000989. The zero-order valence-corrected chi connectivity index (χ0v) is 21.0. The number of hydrogen-bond donors (Lipinski definition) is 1. The maximum Gasteiger partial charge on any atom is 0.0522 e. The Morgan fingerprint density at radius 3 is 2.61 bits per heavy atom. The van der Waals surface area contributed by atoms with Crippen molar-refractivity contribution in [2.24, 2.45) is 46.3 Å². The van der Waals surface area contributed by atoms with Crippen LogP contribution in [0.1, 0.15) is 110 Å². The molecule has 0 spiro atoms. The van der Waals surface area contributed by atoms with Crippen molar-refractivity contribution < 1.29 is 0 Å². The normalized spacial score (nSPS) is 42.4. The molecule has 2 heteroatoms. The van der Waals surface area contributed by atoms with E-state index in [1.165, 1.54) is 69.0 Å². The minimum Gasteiger partial charge on any atom is -0.282 e. The van der Waals surface area contributed by atoms with Crippen molar-refractivity contribution in [3.05, 3.63) is 29.1 Å². The molecule has 1 heterocycles. The van der Waals surface area contributed by atoms with Gasteiger partial charge in [0.15, 0.2) is 0 Å². The molecule has 0 aromatic carbocycles.